The number of carbonyl (C=O) groups excluding carboxylic acids is 1. The Morgan fingerprint density at radius 1 is 1.00 bits per heavy atom. The van der Waals surface area contributed by atoms with Crippen LogP contribution in [0.25, 0.3) is 0 Å². The number of benzene rings is 2. The second-order valence-corrected chi connectivity index (χ2v) is 12.0. The van der Waals surface area contributed by atoms with Crippen molar-refractivity contribution in [3.63, 3.8) is 0 Å². The molecule has 5 rings (SSSR count). The smallest absolute Gasteiger partial charge is 0.426 e. The van der Waals surface area contributed by atoms with Gasteiger partial charge in [-0.25, -0.2) is 4.39 Å². The van der Waals surface area contributed by atoms with Crippen LogP contribution >= 0.6 is 11.6 Å². The molecule has 0 bridgehead atoms. The van der Waals surface area contributed by atoms with Gasteiger partial charge in [0.05, 0.1) is 5.92 Å². The van der Waals surface area contributed by atoms with Gasteiger partial charge in [-0.2, -0.15) is 13.2 Å². The Morgan fingerprint density at radius 3 is 2.26 bits per heavy atom. The van der Waals surface area contributed by atoms with Crippen molar-refractivity contribution >= 4 is 23.5 Å². The third-order valence-corrected chi connectivity index (χ3v) is 9.61. The number of aryl methyl sites for hydroxylation is 1. The number of fused-ring (bicyclic) bond motifs is 3. The minimum atomic E-state index is -5.03. The van der Waals surface area contributed by atoms with Crippen LogP contribution in [0.15, 0.2) is 42.5 Å². The van der Waals surface area contributed by atoms with Crippen LogP contribution in [-0.4, -0.2) is 40.6 Å². The Bertz CT molecular complexity index is 1250. The molecule has 2 fully saturated rings. The molecule has 1 saturated carbocycles. The Morgan fingerprint density at radius 2 is 1.64 bits per heavy atom. The molecule has 0 spiro atoms. The zero-order chi connectivity index (χ0) is 28.2. The normalized spacial score (nSPS) is 28.4. The van der Waals surface area contributed by atoms with Gasteiger partial charge in [-0.15, -0.1) is 0 Å². The Kier molecular flexibility index (Phi) is 7.23. The van der Waals surface area contributed by atoms with Gasteiger partial charge < -0.3 is 10.0 Å². The summed E-state index contributed by atoms with van der Waals surface area (Å²) < 4.78 is 55.3. The second-order valence-electron chi connectivity index (χ2n) is 11.6. The van der Waals surface area contributed by atoms with Gasteiger partial charge >= 0.3 is 12.1 Å². The predicted molar refractivity (Wildman–Crippen MR) is 139 cm³/mol. The summed E-state index contributed by atoms with van der Waals surface area (Å²) in [5.74, 6) is -1.42. The third-order valence-electron chi connectivity index (χ3n) is 9.36. The lowest BCUT2D eigenvalue weighted by Crippen LogP contribution is -2.51. The standard InChI is InChI=1S/C30H32ClF4NO3/c1-28(32,30(33,34)35)22-9-12-24-21(16-22)8-13-25-29(24,17-18-2-10-23(31)11-3-18)14-15-36(25)26(37)19-4-6-20(7-5-19)27(38)39/h2-3,9-12,16,19-20,25H,4-8,13-15,17H2,1H3,(H,38,39). The number of carboxylic acid groups (broad SMARTS) is 1. The van der Waals surface area contributed by atoms with Crippen molar-refractivity contribution in [2.24, 2.45) is 11.8 Å². The van der Waals surface area contributed by atoms with Crippen molar-refractivity contribution in [2.75, 3.05) is 6.54 Å². The molecule has 1 saturated heterocycles. The van der Waals surface area contributed by atoms with Crippen molar-refractivity contribution in [1.82, 2.24) is 4.90 Å². The summed E-state index contributed by atoms with van der Waals surface area (Å²) in [6.07, 6.45) is -0.784. The maximum absolute atomic E-state index is 14.9. The fourth-order valence-electron chi connectivity index (χ4n) is 7.07. The summed E-state index contributed by atoms with van der Waals surface area (Å²) in [7, 11) is 0. The number of amides is 1. The lowest BCUT2D eigenvalue weighted by atomic mass is 9.63. The van der Waals surface area contributed by atoms with Crippen LogP contribution in [-0.2, 0) is 33.5 Å². The monoisotopic (exact) mass is 565 g/mol. The van der Waals surface area contributed by atoms with E-state index >= 15 is 0 Å². The lowest BCUT2D eigenvalue weighted by Gasteiger charge is -2.45. The highest BCUT2D eigenvalue weighted by Gasteiger charge is 2.56. The molecule has 39 heavy (non-hydrogen) atoms. The average Bonchev–Trinajstić information content (AvgIpc) is 3.28. The number of carboxylic acids is 1. The Hall–Kier alpha value is -2.61. The minimum absolute atomic E-state index is 0.0373. The van der Waals surface area contributed by atoms with Gasteiger partial charge in [-0.3, -0.25) is 9.59 Å². The van der Waals surface area contributed by atoms with Crippen LogP contribution in [0.4, 0.5) is 17.6 Å². The maximum Gasteiger partial charge on any atom is 0.426 e. The van der Waals surface area contributed by atoms with E-state index in [1.807, 2.05) is 17.0 Å². The summed E-state index contributed by atoms with van der Waals surface area (Å²) in [6.45, 7) is 1.07. The van der Waals surface area contributed by atoms with E-state index in [1.54, 1.807) is 18.2 Å². The SMILES string of the molecule is CC(F)(c1ccc2c(c1)CCC1N(C(=O)C3CCC(C(=O)O)CC3)CCC21Cc1ccc(Cl)cc1)C(F)(F)F. The van der Waals surface area contributed by atoms with E-state index in [2.05, 4.69) is 0 Å². The summed E-state index contributed by atoms with van der Waals surface area (Å²) in [6, 6.07) is 11.5. The predicted octanol–water partition coefficient (Wildman–Crippen LogP) is 7.01. The molecule has 3 unspecified atom stereocenters. The highest BCUT2D eigenvalue weighted by molar-refractivity contribution is 6.30. The van der Waals surface area contributed by atoms with Crippen LogP contribution in [0.5, 0.6) is 0 Å². The lowest BCUT2D eigenvalue weighted by molar-refractivity contribution is -0.228. The van der Waals surface area contributed by atoms with E-state index in [0.29, 0.717) is 75.4 Å². The number of likely N-dealkylation sites (tertiary alicyclic amines) is 1. The average molecular weight is 566 g/mol. The van der Waals surface area contributed by atoms with Gasteiger partial charge in [0.25, 0.3) is 0 Å². The van der Waals surface area contributed by atoms with Crippen LogP contribution < -0.4 is 0 Å². The van der Waals surface area contributed by atoms with Gasteiger partial charge in [0.15, 0.2) is 0 Å². The quantitative estimate of drug-likeness (QED) is 0.397. The molecule has 1 amide bonds. The first kappa shape index (κ1) is 27.9. The molecule has 4 nitrogen and oxygen atoms in total. The van der Waals surface area contributed by atoms with E-state index in [1.165, 1.54) is 12.1 Å². The zero-order valence-electron chi connectivity index (χ0n) is 21.7. The van der Waals surface area contributed by atoms with Crippen molar-refractivity contribution in [2.45, 2.75) is 81.6 Å². The molecule has 210 valence electrons. The van der Waals surface area contributed by atoms with E-state index in [0.717, 1.165) is 11.1 Å². The van der Waals surface area contributed by atoms with Crippen LogP contribution in [0.1, 0.15) is 67.7 Å². The minimum Gasteiger partial charge on any atom is -0.481 e. The molecule has 0 aromatic heterocycles. The molecule has 0 radical (unpaired) electrons. The molecule has 2 aromatic carbocycles. The maximum atomic E-state index is 14.9. The molecule has 2 aromatic rings. The zero-order valence-corrected chi connectivity index (χ0v) is 22.5. The van der Waals surface area contributed by atoms with Gasteiger partial charge in [0.2, 0.25) is 11.6 Å². The fraction of sp³-hybridized carbons (Fsp3) is 0.533. The van der Waals surface area contributed by atoms with Gasteiger partial charge in [-0.05, 0) is 92.7 Å². The number of rotatable bonds is 5. The molecule has 1 heterocycles. The molecule has 1 aliphatic heterocycles. The first-order valence-electron chi connectivity index (χ1n) is 13.5. The topological polar surface area (TPSA) is 57.6 Å². The molecule has 2 aliphatic carbocycles. The van der Waals surface area contributed by atoms with E-state index in [4.69, 9.17) is 11.6 Å². The first-order valence-corrected chi connectivity index (χ1v) is 13.9. The van der Waals surface area contributed by atoms with Crippen LogP contribution in [0.2, 0.25) is 5.02 Å². The van der Waals surface area contributed by atoms with E-state index < -0.39 is 34.7 Å². The van der Waals surface area contributed by atoms with Crippen LogP contribution in [0.3, 0.4) is 0 Å². The molecule has 1 N–H and O–H groups in total. The van der Waals surface area contributed by atoms with E-state index in [-0.39, 0.29) is 17.9 Å². The van der Waals surface area contributed by atoms with E-state index in [9.17, 15) is 32.3 Å². The molecule has 3 atom stereocenters. The van der Waals surface area contributed by atoms with Gasteiger partial charge in [0.1, 0.15) is 0 Å². The molecule has 9 heteroatoms. The van der Waals surface area contributed by atoms with Gasteiger partial charge in [-0.1, -0.05) is 41.9 Å². The summed E-state index contributed by atoms with van der Waals surface area (Å²) in [5, 5.41) is 9.93. The number of nitrogens with zero attached hydrogens (tertiary/aromatic N) is 1. The van der Waals surface area contributed by atoms with Crippen LogP contribution in [0, 0.1) is 11.8 Å². The third kappa shape index (κ3) is 4.94. The summed E-state index contributed by atoms with van der Waals surface area (Å²) >= 11 is 6.11. The summed E-state index contributed by atoms with van der Waals surface area (Å²) in [5.41, 5.74) is -1.83. The molecule has 3 aliphatic rings. The van der Waals surface area contributed by atoms with Crippen molar-refractivity contribution < 1.29 is 32.3 Å². The second kappa shape index (κ2) is 10.1. The number of halogens is 5. The van der Waals surface area contributed by atoms with Crippen molar-refractivity contribution in [3.05, 3.63) is 69.7 Å². The van der Waals surface area contributed by atoms with Crippen molar-refractivity contribution in [3.8, 4) is 0 Å². The fourth-order valence-corrected chi connectivity index (χ4v) is 7.20. The number of alkyl halides is 4. The molecular weight excluding hydrogens is 534 g/mol. The Labute approximate surface area is 230 Å². The highest BCUT2D eigenvalue weighted by atomic mass is 35.5. The summed E-state index contributed by atoms with van der Waals surface area (Å²) in [4.78, 5) is 27.1. The highest BCUT2D eigenvalue weighted by Crippen LogP contribution is 2.51. The number of hydrogen-bond donors (Lipinski definition) is 1. The number of aliphatic carboxylic acids is 1. The number of carbonyl (C=O) groups is 2. The Balaban J connectivity index is 1.49. The largest absolute Gasteiger partial charge is 0.481 e. The number of hydrogen-bond acceptors (Lipinski definition) is 2. The van der Waals surface area contributed by atoms with Gasteiger partial charge in [0, 0.05) is 28.9 Å². The first-order chi connectivity index (χ1) is 18.3. The molecular formula is C30H32ClF4NO3. The van der Waals surface area contributed by atoms with Crippen molar-refractivity contribution in [1.29, 1.82) is 0 Å².